The second-order valence-electron chi connectivity index (χ2n) is 7.50. The van der Waals surface area contributed by atoms with Gasteiger partial charge in [0.25, 0.3) is 5.91 Å². The lowest BCUT2D eigenvalue weighted by molar-refractivity contribution is -0.126. The molecule has 1 fully saturated rings. The van der Waals surface area contributed by atoms with Gasteiger partial charge in [0.1, 0.15) is 0 Å². The number of hydrogen-bond acceptors (Lipinski definition) is 4. The monoisotopic (exact) mass is 372 g/mol. The number of amides is 2. The SMILES string of the molecule is Cc1cc(C)n(CC(C)CNC(=O)C2CCN(C(=O)c3ccco3)CC2)n1. The van der Waals surface area contributed by atoms with E-state index in [-0.39, 0.29) is 17.7 Å². The molecule has 27 heavy (non-hydrogen) atoms. The minimum atomic E-state index is -0.0997. The van der Waals surface area contributed by atoms with Crippen molar-refractivity contribution in [1.29, 1.82) is 0 Å². The summed E-state index contributed by atoms with van der Waals surface area (Å²) in [7, 11) is 0. The Morgan fingerprint density at radius 3 is 2.67 bits per heavy atom. The molecule has 0 bridgehead atoms. The highest BCUT2D eigenvalue weighted by molar-refractivity contribution is 5.91. The van der Waals surface area contributed by atoms with Crippen LogP contribution in [0.25, 0.3) is 0 Å². The maximum atomic E-state index is 12.5. The van der Waals surface area contributed by atoms with Crippen LogP contribution in [0.3, 0.4) is 0 Å². The first-order valence-electron chi connectivity index (χ1n) is 9.55. The zero-order valence-corrected chi connectivity index (χ0v) is 16.3. The van der Waals surface area contributed by atoms with Crippen molar-refractivity contribution in [2.45, 2.75) is 40.2 Å². The Morgan fingerprint density at radius 1 is 1.33 bits per heavy atom. The molecule has 7 nitrogen and oxygen atoms in total. The second kappa shape index (κ2) is 8.41. The summed E-state index contributed by atoms with van der Waals surface area (Å²) in [5.41, 5.74) is 2.15. The molecule has 1 atom stereocenters. The van der Waals surface area contributed by atoms with Gasteiger partial charge < -0.3 is 14.6 Å². The van der Waals surface area contributed by atoms with Crippen LogP contribution in [-0.2, 0) is 11.3 Å². The first-order chi connectivity index (χ1) is 12.9. The number of nitrogens with zero attached hydrogens (tertiary/aromatic N) is 3. The van der Waals surface area contributed by atoms with Gasteiger partial charge in [0.15, 0.2) is 5.76 Å². The van der Waals surface area contributed by atoms with Crippen LogP contribution in [0.15, 0.2) is 28.9 Å². The standard InChI is InChI=1S/C20H28N4O3/c1-14(13-24-16(3)11-15(2)22-24)12-21-19(25)17-6-8-23(9-7-17)20(26)18-5-4-10-27-18/h4-5,10-11,14,17H,6-9,12-13H2,1-3H3,(H,21,25). The lowest BCUT2D eigenvalue weighted by Crippen LogP contribution is -2.43. The van der Waals surface area contributed by atoms with E-state index in [0.29, 0.717) is 44.2 Å². The molecule has 7 heteroatoms. The van der Waals surface area contributed by atoms with Crippen molar-refractivity contribution in [2.24, 2.45) is 11.8 Å². The average Bonchev–Trinajstić information content (AvgIpc) is 3.29. The van der Waals surface area contributed by atoms with Crippen molar-refractivity contribution in [3.63, 3.8) is 0 Å². The largest absolute Gasteiger partial charge is 0.459 e. The van der Waals surface area contributed by atoms with Gasteiger partial charge in [-0.05, 0) is 50.8 Å². The van der Waals surface area contributed by atoms with Crippen molar-refractivity contribution >= 4 is 11.8 Å². The van der Waals surface area contributed by atoms with Gasteiger partial charge in [-0.25, -0.2) is 0 Å². The van der Waals surface area contributed by atoms with Crippen molar-refractivity contribution in [3.8, 4) is 0 Å². The Bertz CT molecular complexity index is 773. The summed E-state index contributed by atoms with van der Waals surface area (Å²) in [4.78, 5) is 26.5. The maximum absolute atomic E-state index is 12.5. The van der Waals surface area contributed by atoms with Gasteiger partial charge >= 0.3 is 0 Å². The van der Waals surface area contributed by atoms with E-state index < -0.39 is 0 Å². The number of piperidine rings is 1. The van der Waals surface area contributed by atoms with Gasteiger partial charge in [-0.15, -0.1) is 0 Å². The third kappa shape index (κ3) is 4.78. The average molecular weight is 372 g/mol. The zero-order valence-electron chi connectivity index (χ0n) is 16.3. The molecule has 1 unspecified atom stereocenters. The fourth-order valence-corrected chi connectivity index (χ4v) is 3.54. The number of aryl methyl sites for hydroxylation is 2. The van der Waals surface area contributed by atoms with Gasteiger partial charge in [-0.3, -0.25) is 14.3 Å². The van der Waals surface area contributed by atoms with Crippen LogP contribution >= 0.6 is 0 Å². The molecule has 0 saturated carbocycles. The molecule has 2 aromatic heterocycles. The predicted molar refractivity (Wildman–Crippen MR) is 101 cm³/mol. The number of nitrogens with one attached hydrogen (secondary N) is 1. The zero-order chi connectivity index (χ0) is 19.4. The van der Waals surface area contributed by atoms with Gasteiger partial charge in [0.05, 0.1) is 12.0 Å². The number of hydrogen-bond donors (Lipinski definition) is 1. The van der Waals surface area contributed by atoms with Gasteiger partial charge in [-0.1, -0.05) is 6.92 Å². The van der Waals surface area contributed by atoms with Crippen molar-refractivity contribution < 1.29 is 14.0 Å². The molecular formula is C20H28N4O3. The van der Waals surface area contributed by atoms with Crippen molar-refractivity contribution in [3.05, 3.63) is 41.6 Å². The summed E-state index contributed by atoms with van der Waals surface area (Å²) in [6.07, 6.45) is 2.87. The number of carbonyl (C=O) groups is 2. The van der Waals surface area contributed by atoms with Crippen LogP contribution in [0.4, 0.5) is 0 Å². The molecule has 2 aromatic rings. The summed E-state index contributed by atoms with van der Waals surface area (Å²) in [6, 6.07) is 5.44. The van der Waals surface area contributed by atoms with Crippen LogP contribution in [-0.4, -0.2) is 46.1 Å². The van der Waals surface area contributed by atoms with E-state index in [1.165, 1.54) is 6.26 Å². The Hall–Kier alpha value is -2.57. The van der Waals surface area contributed by atoms with Gasteiger partial charge in [0, 0.05) is 37.8 Å². The third-order valence-corrected chi connectivity index (χ3v) is 5.10. The lowest BCUT2D eigenvalue weighted by atomic mass is 9.95. The van der Waals surface area contributed by atoms with Gasteiger partial charge in [0.2, 0.25) is 5.91 Å². The molecule has 2 amide bonds. The van der Waals surface area contributed by atoms with E-state index >= 15 is 0 Å². The number of furan rings is 1. The molecule has 146 valence electrons. The highest BCUT2D eigenvalue weighted by atomic mass is 16.3. The van der Waals surface area contributed by atoms with Crippen molar-refractivity contribution in [1.82, 2.24) is 20.0 Å². The Morgan fingerprint density at radius 2 is 2.07 bits per heavy atom. The number of carbonyl (C=O) groups excluding carboxylic acids is 2. The van der Waals surface area contributed by atoms with Gasteiger partial charge in [-0.2, -0.15) is 5.10 Å². The fraction of sp³-hybridized carbons (Fsp3) is 0.550. The maximum Gasteiger partial charge on any atom is 0.289 e. The Kier molecular flexibility index (Phi) is 5.98. The molecule has 1 N–H and O–H groups in total. The topological polar surface area (TPSA) is 80.4 Å². The molecule has 3 rings (SSSR count). The van der Waals surface area contributed by atoms with E-state index in [1.807, 2.05) is 18.5 Å². The summed E-state index contributed by atoms with van der Waals surface area (Å²) in [5, 5.41) is 7.54. The number of aromatic nitrogens is 2. The number of rotatable bonds is 6. The highest BCUT2D eigenvalue weighted by Crippen LogP contribution is 2.19. The first-order valence-corrected chi connectivity index (χ1v) is 9.55. The smallest absolute Gasteiger partial charge is 0.289 e. The highest BCUT2D eigenvalue weighted by Gasteiger charge is 2.28. The third-order valence-electron chi connectivity index (χ3n) is 5.10. The van der Waals surface area contributed by atoms with E-state index in [2.05, 4.69) is 23.4 Å². The summed E-state index contributed by atoms with van der Waals surface area (Å²) in [6.45, 7) is 8.72. The molecule has 0 aromatic carbocycles. The van der Waals surface area contributed by atoms with E-state index in [4.69, 9.17) is 4.42 Å². The Balaban J connectivity index is 1.41. The second-order valence-corrected chi connectivity index (χ2v) is 7.50. The van der Waals surface area contributed by atoms with E-state index in [9.17, 15) is 9.59 Å². The Labute approximate surface area is 159 Å². The quantitative estimate of drug-likeness (QED) is 0.844. The van der Waals surface area contributed by atoms with Crippen LogP contribution in [0, 0.1) is 25.7 Å². The van der Waals surface area contributed by atoms with E-state index in [1.54, 1.807) is 17.0 Å². The summed E-state index contributed by atoms with van der Waals surface area (Å²) < 4.78 is 7.16. The minimum Gasteiger partial charge on any atom is -0.459 e. The van der Waals surface area contributed by atoms with Crippen LogP contribution < -0.4 is 5.32 Å². The molecule has 3 heterocycles. The van der Waals surface area contributed by atoms with Crippen LogP contribution in [0.5, 0.6) is 0 Å². The van der Waals surface area contributed by atoms with Crippen LogP contribution in [0.1, 0.15) is 41.7 Å². The molecule has 0 radical (unpaired) electrons. The van der Waals surface area contributed by atoms with Crippen LogP contribution in [0.2, 0.25) is 0 Å². The molecule has 1 saturated heterocycles. The molecule has 0 aliphatic carbocycles. The minimum absolute atomic E-state index is 0.0356. The van der Waals surface area contributed by atoms with E-state index in [0.717, 1.165) is 17.9 Å². The fourth-order valence-electron chi connectivity index (χ4n) is 3.54. The predicted octanol–water partition coefficient (Wildman–Crippen LogP) is 2.40. The number of likely N-dealkylation sites (tertiary alicyclic amines) is 1. The summed E-state index contributed by atoms with van der Waals surface area (Å²) >= 11 is 0. The molecular weight excluding hydrogens is 344 g/mol. The van der Waals surface area contributed by atoms with Crippen molar-refractivity contribution in [2.75, 3.05) is 19.6 Å². The molecule has 1 aliphatic heterocycles. The molecule has 1 aliphatic rings. The normalized spacial score (nSPS) is 16.3. The molecule has 0 spiro atoms. The lowest BCUT2D eigenvalue weighted by Gasteiger charge is -2.31. The summed E-state index contributed by atoms with van der Waals surface area (Å²) in [5.74, 6) is 0.604. The first kappa shape index (κ1) is 19.2.